The van der Waals surface area contributed by atoms with E-state index in [4.69, 9.17) is 14.2 Å². The van der Waals surface area contributed by atoms with Gasteiger partial charge in [0.1, 0.15) is 0 Å². The maximum atomic E-state index is 11.6. The zero-order valence-corrected chi connectivity index (χ0v) is 11.9. The minimum Gasteiger partial charge on any atom is -0.382 e. The third-order valence-electron chi connectivity index (χ3n) is 2.86. The van der Waals surface area contributed by atoms with E-state index in [1.54, 1.807) is 7.11 Å². The lowest BCUT2D eigenvalue weighted by Gasteiger charge is -2.16. The first-order chi connectivity index (χ1) is 8.77. The summed E-state index contributed by atoms with van der Waals surface area (Å²) in [5, 5.41) is 0. The smallest absolute Gasteiger partial charge is 0.223 e. The summed E-state index contributed by atoms with van der Waals surface area (Å²) in [5.74, 6) is 1.39. The Balaban J connectivity index is 1.93. The van der Waals surface area contributed by atoms with E-state index in [1.807, 2.05) is 4.90 Å². The lowest BCUT2D eigenvalue weighted by molar-refractivity contribution is -0.128. The van der Waals surface area contributed by atoms with E-state index in [1.165, 1.54) is 0 Å². The molecule has 18 heavy (non-hydrogen) atoms. The summed E-state index contributed by atoms with van der Waals surface area (Å²) in [5.41, 5.74) is 0. The molecule has 106 valence electrons. The second kappa shape index (κ2) is 9.61. The van der Waals surface area contributed by atoms with Gasteiger partial charge in [-0.05, 0) is 11.7 Å². The van der Waals surface area contributed by atoms with Gasteiger partial charge in [0.05, 0.1) is 33.0 Å². The van der Waals surface area contributed by atoms with Gasteiger partial charge in [-0.15, -0.1) is 0 Å². The van der Waals surface area contributed by atoms with Crippen molar-refractivity contribution in [3.05, 3.63) is 0 Å². The molecule has 0 radical (unpaired) electrons. The first-order valence-electron chi connectivity index (χ1n) is 6.31. The highest BCUT2D eigenvalue weighted by molar-refractivity contribution is 7.80. The first-order valence-corrected chi connectivity index (χ1v) is 6.94. The zero-order chi connectivity index (χ0) is 13.2. The van der Waals surface area contributed by atoms with Crippen LogP contribution in [0.3, 0.4) is 0 Å². The molecular formula is C12H23NO4S. The number of thiol groups is 1. The molecule has 1 heterocycles. The van der Waals surface area contributed by atoms with Gasteiger partial charge in [0.25, 0.3) is 0 Å². The van der Waals surface area contributed by atoms with Crippen molar-refractivity contribution in [3.63, 3.8) is 0 Å². The molecule has 1 aliphatic heterocycles. The molecule has 1 saturated heterocycles. The molecule has 5 nitrogen and oxygen atoms in total. The molecule has 0 aromatic rings. The third-order valence-corrected chi connectivity index (χ3v) is 3.38. The number of hydrogen-bond donors (Lipinski definition) is 1. The van der Waals surface area contributed by atoms with Gasteiger partial charge in [0, 0.05) is 26.6 Å². The standard InChI is InChI=1S/C12H23NO4S/c1-15-4-5-17-7-6-16-3-2-13-9-11(10-18)8-12(13)14/h11,18H,2-10H2,1H3. The van der Waals surface area contributed by atoms with Crippen molar-refractivity contribution in [2.45, 2.75) is 6.42 Å². The predicted octanol–water partition coefficient (Wildman–Crippen LogP) is 0.444. The van der Waals surface area contributed by atoms with E-state index in [0.29, 0.717) is 51.9 Å². The fraction of sp³-hybridized carbons (Fsp3) is 0.917. The van der Waals surface area contributed by atoms with Crippen LogP contribution < -0.4 is 0 Å². The highest BCUT2D eigenvalue weighted by Crippen LogP contribution is 2.18. The topological polar surface area (TPSA) is 48.0 Å². The molecule has 1 rings (SSSR count). The summed E-state index contributed by atoms with van der Waals surface area (Å²) < 4.78 is 15.5. The molecule has 0 aliphatic carbocycles. The van der Waals surface area contributed by atoms with E-state index >= 15 is 0 Å². The summed E-state index contributed by atoms with van der Waals surface area (Å²) in [6.45, 7) is 4.37. The number of nitrogens with zero attached hydrogens (tertiary/aromatic N) is 1. The molecule has 1 amide bonds. The molecular weight excluding hydrogens is 254 g/mol. The molecule has 1 unspecified atom stereocenters. The van der Waals surface area contributed by atoms with Gasteiger partial charge >= 0.3 is 0 Å². The minimum absolute atomic E-state index is 0.217. The van der Waals surface area contributed by atoms with Gasteiger partial charge in [-0.25, -0.2) is 0 Å². The average molecular weight is 277 g/mol. The Morgan fingerprint density at radius 3 is 2.50 bits per heavy atom. The fourth-order valence-electron chi connectivity index (χ4n) is 1.83. The van der Waals surface area contributed by atoms with Crippen LogP contribution in [-0.4, -0.2) is 69.8 Å². The molecule has 0 aromatic carbocycles. The van der Waals surface area contributed by atoms with Gasteiger partial charge in [-0.3, -0.25) is 4.79 Å². The number of amides is 1. The number of carbonyl (C=O) groups excluding carboxylic acids is 1. The molecule has 1 fully saturated rings. The number of ether oxygens (including phenoxy) is 3. The predicted molar refractivity (Wildman–Crippen MR) is 72.1 cm³/mol. The van der Waals surface area contributed by atoms with Crippen molar-refractivity contribution in [1.82, 2.24) is 4.90 Å². The van der Waals surface area contributed by atoms with Gasteiger partial charge in [0.2, 0.25) is 5.91 Å². The quantitative estimate of drug-likeness (QED) is 0.465. The second-order valence-corrected chi connectivity index (χ2v) is 4.68. The van der Waals surface area contributed by atoms with Gasteiger partial charge < -0.3 is 19.1 Å². The van der Waals surface area contributed by atoms with Crippen LogP contribution in [0, 0.1) is 5.92 Å². The number of methoxy groups -OCH3 is 1. The van der Waals surface area contributed by atoms with Gasteiger partial charge in [-0.1, -0.05) is 0 Å². The Kier molecular flexibility index (Phi) is 8.41. The molecule has 0 saturated carbocycles. The Morgan fingerprint density at radius 1 is 1.22 bits per heavy atom. The summed E-state index contributed by atoms with van der Waals surface area (Å²) in [6.07, 6.45) is 0.629. The number of rotatable bonds is 10. The molecule has 1 aliphatic rings. The molecule has 0 aromatic heterocycles. The normalized spacial score (nSPS) is 19.8. The maximum Gasteiger partial charge on any atom is 0.223 e. The fourth-order valence-corrected chi connectivity index (χ4v) is 2.08. The highest BCUT2D eigenvalue weighted by Gasteiger charge is 2.27. The van der Waals surface area contributed by atoms with Gasteiger partial charge in [-0.2, -0.15) is 12.6 Å². The number of hydrogen-bond acceptors (Lipinski definition) is 5. The Hall–Kier alpha value is -0.300. The van der Waals surface area contributed by atoms with Crippen molar-refractivity contribution in [2.24, 2.45) is 5.92 Å². The van der Waals surface area contributed by atoms with E-state index in [0.717, 1.165) is 12.3 Å². The van der Waals surface area contributed by atoms with Crippen molar-refractivity contribution in [1.29, 1.82) is 0 Å². The largest absolute Gasteiger partial charge is 0.382 e. The lowest BCUT2D eigenvalue weighted by Crippen LogP contribution is -2.29. The van der Waals surface area contributed by atoms with Crippen LogP contribution in [-0.2, 0) is 19.0 Å². The highest BCUT2D eigenvalue weighted by atomic mass is 32.1. The molecule has 0 N–H and O–H groups in total. The number of carbonyl (C=O) groups is 1. The van der Waals surface area contributed by atoms with Crippen LogP contribution in [0.15, 0.2) is 0 Å². The average Bonchev–Trinajstić information content (AvgIpc) is 2.73. The van der Waals surface area contributed by atoms with Crippen LogP contribution in [0.1, 0.15) is 6.42 Å². The maximum absolute atomic E-state index is 11.6. The van der Waals surface area contributed by atoms with Crippen molar-refractivity contribution in [3.8, 4) is 0 Å². The van der Waals surface area contributed by atoms with Gasteiger partial charge in [0.15, 0.2) is 0 Å². The Labute approximate surface area is 114 Å². The minimum atomic E-state index is 0.217. The molecule has 0 spiro atoms. The SMILES string of the molecule is COCCOCCOCCN1CC(CS)CC1=O. The lowest BCUT2D eigenvalue weighted by atomic mass is 10.1. The summed E-state index contributed by atoms with van der Waals surface area (Å²) in [4.78, 5) is 13.4. The summed E-state index contributed by atoms with van der Waals surface area (Å²) in [6, 6.07) is 0. The van der Waals surface area contributed by atoms with Crippen LogP contribution >= 0.6 is 12.6 Å². The zero-order valence-electron chi connectivity index (χ0n) is 11.0. The summed E-state index contributed by atoms with van der Waals surface area (Å²) in [7, 11) is 1.64. The molecule has 0 bridgehead atoms. The van der Waals surface area contributed by atoms with Crippen LogP contribution in [0.4, 0.5) is 0 Å². The van der Waals surface area contributed by atoms with Crippen LogP contribution in [0.2, 0.25) is 0 Å². The molecule has 1 atom stereocenters. The van der Waals surface area contributed by atoms with E-state index < -0.39 is 0 Å². The third kappa shape index (κ3) is 6.04. The number of likely N-dealkylation sites (tertiary alicyclic amines) is 1. The Bertz CT molecular complexity index is 240. The van der Waals surface area contributed by atoms with Crippen molar-refractivity contribution in [2.75, 3.05) is 59.0 Å². The van der Waals surface area contributed by atoms with Crippen LogP contribution in [0.5, 0.6) is 0 Å². The monoisotopic (exact) mass is 277 g/mol. The van der Waals surface area contributed by atoms with E-state index in [-0.39, 0.29) is 5.91 Å². The molecule has 6 heteroatoms. The summed E-state index contributed by atoms with van der Waals surface area (Å²) >= 11 is 4.23. The second-order valence-electron chi connectivity index (χ2n) is 4.31. The van der Waals surface area contributed by atoms with E-state index in [9.17, 15) is 4.79 Å². The van der Waals surface area contributed by atoms with Crippen LogP contribution in [0.25, 0.3) is 0 Å². The Morgan fingerprint density at radius 2 is 1.89 bits per heavy atom. The van der Waals surface area contributed by atoms with Crippen molar-refractivity contribution < 1.29 is 19.0 Å². The van der Waals surface area contributed by atoms with E-state index in [2.05, 4.69) is 12.6 Å². The van der Waals surface area contributed by atoms with Crippen molar-refractivity contribution >= 4 is 18.5 Å². The first kappa shape index (κ1) is 15.8.